The van der Waals surface area contributed by atoms with E-state index in [4.69, 9.17) is 0 Å². The zero-order valence-corrected chi connectivity index (χ0v) is 13.4. The van der Waals surface area contributed by atoms with Crippen molar-refractivity contribution in [3.63, 3.8) is 0 Å². The molecular weight excluding hydrogens is 276 g/mol. The molecular formula is C14H26N2O3S. The summed E-state index contributed by atoms with van der Waals surface area (Å²) in [5.74, 6) is 0.384. The lowest BCUT2D eigenvalue weighted by molar-refractivity contribution is -0.130. The van der Waals surface area contributed by atoms with Gasteiger partial charge in [-0.1, -0.05) is 20.3 Å². The second-order valence-electron chi connectivity index (χ2n) is 5.98. The normalized spacial score (nSPS) is 29.4. The van der Waals surface area contributed by atoms with Gasteiger partial charge in [-0.2, -0.15) is 4.31 Å². The number of hydrogen-bond acceptors (Lipinski definition) is 3. The van der Waals surface area contributed by atoms with Gasteiger partial charge < -0.3 is 4.90 Å². The first kappa shape index (κ1) is 15.8. The van der Waals surface area contributed by atoms with Gasteiger partial charge in [0.15, 0.2) is 0 Å². The fourth-order valence-corrected chi connectivity index (χ4v) is 5.66. The number of carbonyl (C=O) groups is 1. The van der Waals surface area contributed by atoms with Crippen molar-refractivity contribution in [3.05, 3.63) is 0 Å². The van der Waals surface area contributed by atoms with Crippen molar-refractivity contribution in [2.75, 3.05) is 26.2 Å². The zero-order valence-electron chi connectivity index (χ0n) is 12.5. The van der Waals surface area contributed by atoms with Gasteiger partial charge in [-0.05, 0) is 25.2 Å². The molecule has 0 aromatic heterocycles. The van der Waals surface area contributed by atoms with Crippen molar-refractivity contribution >= 4 is 15.9 Å². The van der Waals surface area contributed by atoms with E-state index in [2.05, 4.69) is 0 Å². The Kier molecular flexibility index (Phi) is 5.07. The van der Waals surface area contributed by atoms with Crippen molar-refractivity contribution < 1.29 is 13.2 Å². The maximum Gasteiger partial charge on any atom is 0.222 e. The van der Waals surface area contributed by atoms with Crippen LogP contribution < -0.4 is 0 Å². The predicted octanol–water partition coefficient (Wildman–Crippen LogP) is 1.45. The molecule has 1 saturated heterocycles. The van der Waals surface area contributed by atoms with Crippen LogP contribution in [0.5, 0.6) is 0 Å². The second-order valence-corrected chi connectivity index (χ2v) is 8.13. The molecule has 0 aromatic rings. The second kappa shape index (κ2) is 6.43. The molecule has 1 amide bonds. The number of nitrogens with zero attached hydrogens (tertiary/aromatic N) is 2. The number of sulfonamides is 1. The average molecular weight is 302 g/mol. The van der Waals surface area contributed by atoms with E-state index < -0.39 is 10.0 Å². The minimum Gasteiger partial charge on any atom is -0.341 e. The monoisotopic (exact) mass is 302 g/mol. The first-order chi connectivity index (χ1) is 9.46. The quantitative estimate of drug-likeness (QED) is 0.793. The molecule has 0 bridgehead atoms. The van der Waals surface area contributed by atoms with Gasteiger partial charge in [0.2, 0.25) is 15.9 Å². The summed E-state index contributed by atoms with van der Waals surface area (Å²) >= 11 is 0. The highest BCUT2D eigenvalue weighted by atomic mass is 32.2. The van der Waals surface area contributed by atoms with Gasteiger partial charge >= 0.3 is 0 Å². The smallest absolute Gasteiger partial charge is 0.222 e. The standard InChI is InChI=1S/C14H26N2O3S/c1-3-14(17)15-8-5-9-16(11-10-15)20(18,19)13-7-4-6-12(13)2/h12-13H,3-11H2,1-2H3. The predicted molar refractivity (Wildman–Crippen MR) is 78.8 cm³/mol. The number of carbonyl (C=O) groups excluding carboxylic acids is 1. The Labute approximate surface area is 122 Å². The fraction of sp³-hybridized carbons (Fsp3) is 0.929. The number of amides is 1. The van der Waals surface area contributed by atoms with E-state index in [1.807, 2.05) is 13.8 Å². The summed E-state index contributed by atoms with van der Waals surface area (Å²) in [6.07, 6.45) is 4.05. The average Bonchev–Trinajstić information content (AvgIpc) is 2.71. The Bertz CT molecular complexity index is 449. The van der Waals surface area contributed by atoms with E-state index >= 15 is 0 Å². The summed E-state index contributed by atoms with van der Waals surface area (Å²) in [4.78, 5) is 13.5. The van der Waals surface area contributed by atoms with Crippen LogP contribution in [0.15, 0.2) is 0 Å². The Morgan fingerprint density at radius 3 is 2.45 bits per heavy atom. The summed E-state index contributed by atoms with van der Waals surface area (Å²) in [6, 6.07) is 0. The third kappa shape index (κ3) is 3.17. The molecule has 0 N–H and O–H groups in total. The third-order valence-electron chi connectivity index (χ3n) is 4.64. The van der Waals surface area contributed by atoms with E-state index in [1.54, 1.807) is 9.21 Å². The Hall–Kier alpha value is -0.620. The van der Waals surface area contributed by atoms with E-state index in [-0.39, 0.29) is 17.1 Å². The molecule has 20 heavy (non-hydrogen) atoms. The van der Waals surface area contributed by atoms with Crippen molar-refractivity contribution in [1.82, 2.24) is 9.21 Å². The Balaban J connectivity index is 2.04. The molecule has 1 aliphatic carbocycles. The van der Waals surface area contributed by atoms with Crippen LogP contribution in [0.4, 0.5) is 0 Å². The fourth-order valence-electron chi connectivity index (χ4n) is 3.37. The summed E-state index contributed by atoms with van der Waals surface area (Å²) < 4.78 is 27.1. The zero-order chi connectivity index (χ0) is 14.8. The van der Waals surface area contributed by atoms with Crippen molar-refractivity contribution in [2.24, 2.45) is 5.92 Å². The molecule has 2 rings (SSSR count). The molecule has 1 saturated carbocycles. The largest absolute Gasteiger partial charge is 0.341 e. The summed E-state index contributed by atoms with van der Waals surface area (Å²) in [5, 5.41) is -0.212. The van der Waals surface area contributed by atoms with Gasteiger partial charge in [0.1, 0.15) is 0 Å². The molecule has 2 unspecified atom stereocenters. The minimum absolute atomic E-state index is 0.124. The van der Waals surface area contributed by atoms with Gasteiger partial charge in [-0.25, -0.2) is 8.42 Å². The highest BCUT2D eigenvalue weighted by molar-refractivity contribution is 7.89. The Morgan fingerprint density at radius 1 is 1.10 bits per heavy atom. The van der Waals surface area contributed by atoms with E-state index in [0.717, 1.165) is 25.7 Å². The Morgan fingerprint density at radius 2 is 1.85 bits per heavy atom. The minimum atomic E-state index is -3.19. The molecule has 0 aromatic carbocycles. The summed E-state index contributed by atoms with van der Waals surface area (Å²) in [5.41, 5.74) is 0. The van der Waals surface area contributed by atoms with Crippen LogP contribution in [0.1, 0.15) is 46.0 Å². The van der Waals surface area contributed by atoms with Crippen LogP contribution in [0.25, 0.3) is 0 Å². The van der Waals surface area contributed by atoms with Crippen molar-refractivity contribution in [1.29, 1.82) is 0 Å². The van der Waals surface area contributed by atoms with E-state index in [0.29, 0.717) is 32.6 Å². The molecule has 5 nitrogen and oxygen atoms in total. The number of hydrogen-bond donors (Lipinski definition) is 0. The maximum atomic E-state index is 12.7. The first-order valence-corrected chi connectivity index (χ1v) is 9.24. The van der Waals surface area contributed by atoms with Crippen LogP contribution in [0.2, 0.25) is 0 Å². The molecule has 2 aliphatic rings. The SMILES string of the molecule is CCC(=O)N1CCCN(S(=O)(=O)C2CCCC2C)CC1. The van der Waals surface area contributed by atoms with Gasteiger partial charge in [-0.15, -0.1) is 0 Å². The molecule has 6 heteroatoms. The third-order valence-corrected chi connectivity index (χ3v) is 7.19. The molecule has 0 spiro atoms. The van der Waals surface area contributed by atoms with Crippen molar-refractivity contribution in [2.45, 2.75) is 51.2 Å². The van der Waals surface area contributed by atoms with E-state index in [1.165, 1.54) is 0 Å². The molecule has 1 heterocycles. The molecule has 2 atom stereocenters. The van der Waals surface area contributed by atoms with Gasteiger partial charge in [-0.3, -0.25) is 4.79 Å². The highest BCUT2D eigenvalue weighted by Crippen LogP contribution is 2.32. The van der Waals surface area contributed by atoms with Crippen LogP contribution in [0, 0.1) is 5.92 Å². The first-order valence-electron chi connectivity index (χ1n) is 7.73. The van der Waals surface area contributed by atoms with E-state index in [9.17, 15) is 13.2 Å². The van der Waals surface area contributed by atoms with Crippen LogP contribution in [0.3, 0.4) is 0 Å². The van der Waals surface area contributed by atoms with Crippen LogP contribution in [-0.2, 0) is 14.8 Å². The summed E-state index contributed by atoms with van der Waals surface area (Å²) in [6.45, 7) is 6.12. The topological polar surface area (TPSA) is 57.7 Å². The lowest BCUT2D eigenvalue weighted by Gasteiger charge is -2.26. The molecule has 1 aliphatic heterocycles. The summed E-state index contributed by atoms with van der Waals surface area (Å²) in [7, 11) is -3.19. The number of rotatable bonds is 3. The van der Waals surface area contributed by atoms with Gasteiger partial charge in [0.25, 0.3) is 0 Å². The van der Waals surface area contributed by atoms with Gasteiger partial charge in [0, 0.05) is 32.6 Å². The van der Waals surface area contributed by atoms with Crippen LogP contribution in [-0.4, -0.2) is 55.0 Å². The lowest BCUT2D eigenvalue weighted by atomic mass is 10.1. The van der Waals surface area contributed by atoms with Gasteiger partial charge in [0.05, 0.1) is 5.25 Å². The van der Waals surface area contributed by atoms with Crippen LogP contribution >= 0.6 is 0 Å². The molecule has 0 radical (unpaired) electrons. The molecule has 2 fully saturated rings. The maximum absolute atomic E-state index is 12.7. The lowest BCUT2D eigenvalue weighted by Crippen LogP contribution is -2.42. The highest BCUT2D eigenvalue weighted by Gasteiger charge is 2.39. The van der Waals surface area contributed by atoms with Crippen molar-refractivity contribution in [3.8, 4) is 0 Å². The molecule has 116 valence electrons.